The Labute approximate surface area is 269 Å². The summed E-state index contributed by atoms with van der Waals surface area (Å²) in [7, 11) is 0. The Hall–Kier alpha value is -3.06. The van der Waals surface area contributed by atoms with E-state index in [1.807, 2.05) is 6.20 Å². The second kappa shape index (κ2) is 13.0. The molecule has 1 N–H and O–H groups in total. The van der Waals surface area contributed by atoms with Crippen molar-refractivity contribution in [1.29, 1.82) is 0 Å². The van der Waals surface area contributed by atoms with Gasteiger partial charge in [0.25, 0.3) is 0 Å². The Bertz CT molecular complexity index is 1530. The van der Waals surface area contributed by atoms with Crippen LogP contribution in [0.2, 0.25) is 0 Å². The smallest absolute Gasteiger partial charge is 0.121 e. The van der Waals surface area contributed by atoms with Crippen LogP contribution in [-0.2, 0) is 26.1 Å². The second-order valence-electron chi connectivity index (χ2n) is 14.7. The van der Waals surface area contributed by atoms with E-state index in [9.17, 15) is 0 Å². The molecule has 8 rings (SSSR count). The number of nitrogens with one attached hydrogen (secondary N) is 1. The predicted molar refractivity (Wildman–Crippen MR) is 182 cm³/mol. The average Bonchev–Trinajstić information content (AvgIpc) is 3.69. The zero-order valence-corrected chi connectivity index (χ0v) is 27.0. The first kappa shape index (κ1) is 29.3. The molecule has 4 heterocycles. The summed E-state index contributed by atoms with van der Waals surface area (Å²) >= 11 is 0. The Morgan fingerprint density at radius 3 is 2.44 bits per heavy atom. The molecule has 2 saturated heterocycles. The maximum absolute atomic E-state index is 4.95. The molecule has 3 fully saturated rings. The van der Waals surface area contributed by atoms with Crippen molar-refractivity contribution in [2.75, 3.05) is 26.2 Å². The van der Waals surface area contributed by atoms with Gasteiger partial charge in [0.05, 0.1) is 29.3 Å². The third kappa shape index (κ3) is 6.47. The monoisotopic (exact) mass is 602 g/mol. The zero-order valence-electron chi connectivity index (χ0n) is 27.0. The van der Waals surface area contributed by atoms with Gasteiger partial charge in [0, 0.05) is 31.9 Å². The zero-order chi connectivity index (χ0) is 30.1. The molecule has 45 heavy (non-hydrogen) atoms. The molecule has 1 spiro atoms. The lowest BCUT2D eigenvalue weighted by Crippen LogP contribution is -2.46. The van der Waals surface area contributed by atoms with Crippen molar-refractivity contribution in [1.82, 2.24) is 29.7 Å². The second-order valence-corrected chi connectivity index (χ2v) is 14.7. The van der Waals surface area contributed by atoms with Gasteiger partial charge < -0.3 is 9.88 Å². The summed E-state index contributed by atoms with van der Waals surface area (Å²) < 4.78 is 0. The molecule has 4 aliphatic rings. The first-order valence-corrected chi connectivity index (χ1v) is 17.9. The summed E-state index contributed by atoms with van der Waals surface area (Å²) in [6.07, 6.45) is 16.9. The van der Waals surface area contributed by atoms with Crippen molar-refractivity contribution in [3.05, 3.63) is 95.1 Å². The van der Waals surface area contributed by atoms with E-state index in [1.54, 1.807) is 0 Å². The van der Waals surface area contributed by atoms with Crippen molar-refractivity contribution >= 4 is 11.0 Å². The maximum Gasteiger partial charge on any atom is 0.121 e. The fourth-order valence-corrected chi connectivity index (χ4v) is 9.11. The van der Waals surface area contributed by atoms with Gasteiger partial charge in [-0.3, -0.25) is 14.8 Å². The number of likely N-dealkylation sites (tertiary alicyclic amines) is 2. The fraction of sp³-hybridized carbons (Fsp3) is 0.538. The van der Waals surface area contributed by atoms with Gasteiger partial charge in [-0.05, 0) is 111 Å². The molecule has 2 aliphatic heterocycles. The first-order chi connectivity index (χ1) is 22.2. The number of imidazole rings is 1. The molecule has 236 valence electrons. The lowest BCUT2D eigenvalue weighted by molar-refractivity contribution is 0.0615. The molecular weight excluding hydrogens is 552 g/mol. The SMILES string of the molecule is c1cnc2c(c1)CCCC2N(Cc1ccc(CN2CCC3(CCN(C4CCCCC4)CC3)C2)cc1)Cc1nc2ccccc2[nH]1. The van der Waals surface area contributed by atoms with Gasteiger partial charge >= 0.3 is 0 Å². The maximum atomic E-state index is 4.95. The number of para-hydroxylation sites is 2. The van der Waals surface area contributed by atoms with Gasteiger partial charge in [-0.25, -0.2) is 4.98 Å². The van der Waals surface area contributed by atoms with Crippen molar-refractivity contribution < 1.29 is 0 Å². The average molecular weight is 603 g/mol. The molecule has 2 aromatic heterocycles. The van der Waals surface area contributed by atoms with Crippen molar-refractivity contribution in [3.8, 4) is 0 Å². The van der Waals surface area contributed by atoms with Crippen LogP contribution in [0.5, 0.6) is 0 Å². The molecule has 0 bridgehead atoms. The van der Waals surface area contributed by atoms with Gasteiger partial charge in [-0.15, -0.1) is 0 Å². The molecule has 1 atom stereocenters. The molecule has 0 amide bonds. The Morgan fingerprint density at radius 2 is 1.60 bits per heavy atom. The van der Waals surface area contributed by atoms with Crippen molar-refractivity contribution in [2.45, 2.75) is 102 Å². The third-order valence-electron chi connectivity index (χ3n) is 11.7. The number of H-pyrrole nitrogens is 1. The van der Waals surface area contributed by atoms with Crippen LogP contribution in [0.15, 0.2) is 66.9 Å². The summed E-state index contributed by atoms with van der Waals surface area (Å²) in [5.74, 6) is 1.03. The van der Waals surface area contributed by atoms with Crippen LogP contribution in [0.1, 0.15) is 98.5 Å². The van der Waals surface area contributed by atoms with E-state index in [1.165, 1.54) is 106 Å². The highest BCUT2D eigenvalue weighted by Crippen LogP contribution is 2.42. The van der Waals surface area contributed by atoms with E-state index in [0.29, 0.717) is 11.5 Å². The van der Waals surface area contributed by atoms with Gasteiger partial charge in [0.1, 0.15) is 5.82 Å². The van der Waals surface area contributed by atoms with E-state index in [0.717, 1.165) is 55.4 Å². The lowest BCUT2D eigenvalue weighted by atomic mass is 9.77. The predicted octanol–water partition coefficient (Wildman–Crippen LogP) is 7.66. The summed E-state index contributed by atoms with van der Waals surface area (Å²) in [4.78, 5) is 21.6. The molecule has 2 aliphatic carbocycles. The molecule has 4 aromatic rings. The molecule has 6 nitrogen and oxygen atoms in total. The largest absolute Gasteiger partial charge is 0.341 e. The number of hydrogen-bond donors (Lipinski definition) is 1. The summed E-state index contributed by atoms with van der Waals surface area (Å²) in [6, 6.07) is 23.4. The number of piperidine rings is 1. The van der Waals surface area contributed by atoms with Crippen LogP contribution in [-0.4, -0.2) is 61.9 Å². The Kier molecular flexibility index (Phi) is 8.46. The van der Waals surface area contributed by atoms with Gasteiger partial charge in [0.15, 0.2) is 0 Å². The van der Waals surface area contributed by atoms with Crippen LogP contribution < -0.4 is 0 Å². The number of aromatic nitrogens is 3. The van der Waals surface area contributed by atoms with Crippen molar-refractivity contribution in [2.24, 2.45) is 5.41 Å². The van der Waals surface area contributed by atoms with Crippen LogP contribution in [0.4, 0.5) is 0 Å². The minimum absolute atomic E-state index is 0.299. The highest BCUT2D eigenvalue weighted by molar-refractivity contribution is 5.74. The van der Waals surface area contributed by atoms with Crippen LogP contribution in [0.25, 0.3) is 11.0 Å². The number of hydrogen-bond acceptors (Lipinski definition) is 5. The van der Waals surface area contributed by atoms with E-state index in [2.05, 4.69) is 80.3 Å². The Balaban J connectivity index is 0.926. The number of aromatic amines is 1. The number of pyridine rings is 1. The van der Waals surface area contributed by atoms with E-state index in [4.69, 9.17) is 9.97 Å². The van der Waals surface area contributed by atoms with Gasteiger partial charge in [0.2, 0.25) is 0 Å². The molecule has 2 aromatic carbocycles. The fourth-order valence-electron chi connectivity index (χ4n) is 9.11. The van der Waals surface area contributed by atoms with E-state index < -0.39 is 0 Å². The molecular formula is C39H50N6. The van der Waals surface area contributed by atoms with Gasteiger partial charge in [-0.2, -0.15) is 0 Å². The van der Waals surface area contributed by atoms with E-state index >= 15 is 0 Å². The highest BCUT2D eigenvalue weighted by Gasteiger charge is 2.41. The number of nitrogens with zero attached hydrogens (tertiary/aromatic N) is 5. The number of benzene rings is 2. The van der Waals surface area contributed by atoms with Crippen LogP contribution in [0.3, 0.4) is 0 Å². The quantitative estimate of drug-likeness (QED) is 0.224. The Morgan fingerprint density at radius 1 is 0.800 bits per heavy atom. The topological polar surface area (TPSA) is 51.3 Å². The normalized spacial score (nSPS) is 22.8. The summed E-state index contributed by atoms with van der Waals surface area (Å²) in [5.41, 5.74) is 8.18. The molecule has 1 unspecified atom stereocenters. The highest BCUT2D eigenvalue weighted by atomic mass is 15.2. The van der Waals surface area contributed by atoms with Gasteiger partial charge in [-0.1, -0.05) is 61.7 Å². The minimum atomic E-state index is 0.299. The molecule has 1 saturated carbocycles. The summed E-state index contributed by atoms with van der Waals surface area (Å²) in [5, 5.41) is 0. The first-order valence-electron chi connectivity index (χ1n) is 17.9. The minimum Gasteiger partial charge on any atom is -0.341 e. The van der Waals surface area contributed by atoms with Crippen molar-refractivity contribution in [3.63, 3.8) is 0 Å². The van der Waals surface area contributed by atoms with E-state index in [-0.39, 0.29) is 0 Å². The number of rotatable bonds is 8. The molecule has 0 radical (unpaired) electrons. The third-order valence-corrected chi connectivity index (χ3v) is 11.7. The van der Waals surface area contributed by atoms with Crippen LogP contribution in [0, 0.1) is 5.41 Å². The lowest BCUT2D eigenvalue weighted by Gasteiger charge is -2.43. The number of fused-ring (bicyclic) bond motifs is 2. The molecule has 6 heteroatoms. The summed E-state index contributed by atoms with van der Waals surface area (Å²) in [6.45, 7) is 7.96. The standard InChI is InChI=1S/C39H50N6/c1-2-10-33(11-3-1)44-24-20-39(21-25-44)19-23-43(29-39)26-30-15-17-31(18-16-30)27-45(28-37-41-34-12-4-5-13-35(34)42-37)36-14-6-8-32-9-7-22-40-38(32)36/h4-5,7,9,12-13,15-18,22,33,36H,1-3,6,8,10-11,14,19-21,23-29H2,(H,41,42). The van der Waals surface area contributed by atoms with Crippen LogP contribution >= 0.6 is 0 Å². The number of aryl methyl sites for hydroxylation is 1.